The van der Waals surface area contributed by atoms with E-state index < -0.39 is 6.10 Å². The highest BCUT2D eigenvalue weighted by atomic mass is 19.1. The number of aliphatic hydroxyl groups excluding tert-OH is 1. The van der Waals surface area contributed by atoms with Gasteiger partial charge in [0.15, 0.2) is 17.3 Å². The fraction of sp³-hybridized carbons (Fsp3) is 0.409. The summed E-state index contributed by atoms with van der Waals surface area (Å²) in [7, 11) is 1.52. The molecule has 0 aliphatic carbocycles. The zero-order valence-electron chi connectivity index (χ0n) is 16.8. The molecule has 1 heterocycles. The fourth-order valence-corrected chi connectivity index (χ4v) is 3.38. The average Bonchev–Trinajstić information content (AvgIpc) is 2.73. The Hall–Kier alpha value is -2.64. The summed E-state index contributed by atoms with van der Waals surface area (Å²) in [5, 5.41) is 10.4. The summed E-state index contributed by atoms with van der Waals surface area (Å²) >= 11 is 0. The Bertz CT molecular complexity index is 820. The number of carbonyl (C=O) groups is 1. The monoisotopic (exact) mass is 402 g/mol. The van der Waals surface area contributed by atoms with E-state index in [0.717, 1.165) is 31.9 Å². The Morgan fingerprint density at radius 3 is 2.41 bits per heavy atom. The molecule has 0 amide bonds. The number of hydrogen-bond acceptors (Lipinski definition) is 6. The lowest BCUT2D eigenvalue weighted by Crippen LogP contribution is -2.49. The third kappa shape index (κ3) is 5.68. The maximum absolute atomic E-state index is 13.1. The van der Waals surface area contributed by atoms with Crippen molar-refractivity contribution in [1.82, 2.24) is 4.90 Å². The van der Waals surface area contributed by atoms with Crippen LogP contribution in [0.15, 0.2) is 42.5 Å². The molecule has 6 nitrogen and oxygen atoms in total. The van der Waals surface area contributed by atoms with E-state index in [-0.39, 0.29) is 18.2 Å². The van der Waals surface area contributed by atoms with Gasteiger partial charge in [0.25, 0.3) is 0 Å². The molecule has 0 unspecified atom stereocenters. The van der Waals surface area contributed by atoms with Crippen LogP contribution < -0.4 is 14.4 Å². The molecule has 29 heavy (non-hydrogen) atoms. The first-order valence-electron chi connectivity index (χ1n) is 9.69. The molecule has 2 aromatic carbocycles. The molecule has 2 aromatic rings. The smallest absolute Gasteiger partial charge is 0.161 e. The van der Waals surface area contributed by atoms with Crippen molar-refractivity contribution in [3.05, 3.63) is 53.8 Å². The van der Waals surface area contributed by atoms with Crippen LogP contribution in [0.5, 0.6) is 11.5 Å². The van der Waals surface area contributed by atoms with Crippen LogP contribution in [-0.4, -0.2) is 68.3 Å². The Kier molecular flexibility index (Phi) is 7.06. The van der Waals surface area contributed by atoms with E-state index in [1.54, 1.807) is 30.3 Å². The first-order chi connectivity index (χ1) is 14.0. The van der Waals surface area contributed by atoms with Crippen molar-refractivity contribution in [2.24, 2.45) is 0 Å². The number of piperazine rings is 1. The first kappa shape index (κ1) is 21.1. The third-order valence-corrected chi connectivity index (χ3v) is 5.03. The Balaban J connectivity index is 1.46. The number of benzene rings is 2. The number of Topliss-reactive ketones (excluding diaryl/α,β-unsaturated/α-hetero) is 1. The van der Waals surface area contributed by atoms with Gasteiger partial charge in [-0.25, -0.2) is 4.39 Å². The van der Waals surface area contributed by atoms with Crippen LogP contribution in [0.4, 0.5) is 10.1 Å². The minimum absolute atomic E-state index is 0.0466. The van der Waals surface area contributed by atoms with Gasteiger partial charge in [0, 0.05) is 44.0 Å². The van der Waals surface area contributed by atoms with Crippen molar-refractivity contribution in [2.75, 3.05) is 51.3 Å². The van der Waals surface area contributed by atoms with Gasteiger partial charge < -0.3 is 19.5 Å². The van der Waals surface area contributed by atoms with Crippen LogP contribution in [0.2, 0.25) is 0 Å². The second-order valence-electron chi connectivity index (χ2n) is 7.15. The van der Waals surface area contributed by atoms with Crippen molar-refractivity contribution in [1.29, 1.82) is 0 Å². The topological polar surface area (TPSA) is 62.2 Å². The zero-order chi connectivity index (χ0) is 20.8. The molecule has 1 aliphatic rings. The van der Waals surface area contributed by atoms with E-state index in [4.69, 9.17) is 9.47 Å². The molecular weight excluding hydrogens is 375 g/mol. The lowest BCUT2D eigenvalue weighted by molar-refractivity contribution is 0.0653. The largest absolute Gasteiger partial charge is 0.493 e. The number of nitrogens with zero attached hydrogens (tertiary/aromatic N) is 2. The molecule has 156 valence electrons. The van der Waals surface area contributed by atoms with E-state index in [0.29, 0.717) is 23.6 Å². The summed E-state index contributed by atoms with van der Waals surface area (Å²) in [4.78, 5) is 15.9. The van der Waals surface area contributed by atoms with E-state index in [1.165, 1.54) is 26.2 Å². The van der Waals surface area contributed by atoms with Gasteiger partial charge >= 0.3 is 0 Å². The van der Waals surface area contributed by atoms with Crippen molar-refractivity contribution < 1.29 is 23.8 Å². The van der Waals surface area contributed by atoms with E-state index in [2.05, 4.69) is 9.80 Å². The number of anilines is 1. The van der Waals surface area contributed by atoms with Gasteiger partial charge in [-0.1, -0.05) is 0 Å². The number of aliphatic hydroxyl groups is 1. The fourth-order valence-electron chi connectivity index (χ4n) is 3.38. The van der Waals surface area contributed by atoms with Gasteiger partial charge in [-0.3, -0.25) is 9.69 Å². The second-order valence-corrected chi connectivity index (χ2v) is 7.15. The summed E-state index contributed by atoms with van der Waals surface area (Å²) in [6.07, 6.45) is -0.649. The Morgan fingerprint density at radius 2 is 1.79 bits per heavy atom. The highest BCUT2D eigenvalue weighted by Gasteiger charge is 2.20. The molecule has 1 aliphatic heterocycles. The van der Waals surface area contributed by atoms with Crippen LogP contribution in [0.25, 0.3) is 0 Å². The van der Waals surface area contributed by atoms with Crippen LogP contribution >= 0.6 is 0 Å². The molecule has 1 saturated heterocycles. The highest BCUT2D eigenvalue weighted by Crippen LogP contribution is 2.28. The molecular formula is C22H27FN2O4. The second kappa shape index (κ2) is 9.71. The van der Waals surface area contributed by atoms with Gasteiger partial charge in [-0.2, -0.15) is 0 Å². The Labute approximate surface area is 170 Å². The molecule has 1 atom stereocenters. The summed E-state index contributed by atoms with van der Waals surface area (Å²) in [6, 6.07) is 11.5. The SMILES string of the molecule is COc1cc(C(C)=O)ccc1OC[C@@H](O)CN1CCN(c2ccc(F)cc2)CC1. The summed E-state index contributed by atoms with van der Waals surface area (Å²) in [5.41, 5.74) is 1.56. The lowest BCUT2D eigenvalue weighted by atomic mass is 10.1. The van der Waals surface area contributed by atoms with E-state index in [9.17, 15) is 14.3 Å². The van der Waals surface area contributed by atoms with Crippen molar-refractivity contribution in [2.45, 2.75) is 13.0 Å². The molecule has 0 radical (unpaired) electrons. The minimum atomic E-state index is -0.649. The number of halogens is 1. The summed E-state index contributed by atoms with van der Waals surface area (Å²) in [6.45, 7) is 5.39. The van der Waals surface area contributed by atoms with Gasteiger partial charge in [0.1, 0.15) is 18.5 Å². The number of β-amino-alcohol motifs (C(OH)–C–C–N with tert-alkyl or cyclic N) is 1. The van der Waals surface area contributed by atoms with Gasteiger partial charge in [-0.15, -0.1) is 0 Å². The molecule has 7 heteroatoms. The summed E-state index contributed by atoms with van der Waals surface area (Å²) < 4.78 is 24.1. The maximum atomic E-state index is 13.1. The molecule has 0 aromatic heterocycles. The van der Waals surface area contributed by atoms with Crippen molar-refractivity contribution >= 4 is 11.5 Å². The van der Waals surface area contributed by atoms with Crippen molar-refractivity contribution in [3.63, 3.8) is 0 Å². The van der Waals surface area contributed by atoms with Crippen molar-refractivity contribution in [3.8, 4) is 11.5 Å². The lowest BCUT2D eigenvalue weighted by Gasteiger charge is -2.36. The van der Waals surface area contributed by atoms with Crippen LogP contribution in [-0.2, 0) is 0 Å². The standard InChI is InChI=1S/C22H27FN2O4/c1-16(26)17-3-8-21(22(13-17)28-2)29-15-20(27)14-24-9-11-25(12-10-24)19-6-4-18(23)5-7-19/h3-8,13,20,27H,9-12,14-15H2,1-2H3/t20-/m0/s1. The molecule has 3 rings (SSSR count). The number of rotatable bonds is 8. The quantitative estimate of drug-likeness (QED) is 0.685. The van der Waals surface area contributed by atoms with Crippen LogP contribution in [0, 0.1) is 5.82 Å². The number of ether oxygens (including phenoxy) is 2. The normalized spacial score (nSPS) is 15.8. The Morgan fingerprint density at radius 1 is 1.10 bits per heavy atom. The zero-order valence-corrected chi connectivity index (χ0v) is 16.8. The van der Waals surface area contributed by atoms with Gasteiger partial charge in [0.2, 0.25) is 0 Å². The molecule has 0 spiro atoms. The number of methoxy groups -OCH3 is 1. The molecule has 1 fully saturated rings. The number of carbonyl (C=O) groups excluding carboxylic acids is 1. The van der Waals surface area contributed by atoms with Crippen LogP contribution in [0.3, 0.4) is 0 Å². The third-order valence-electron chi connectivity index (χ3n) is 5.03. The molecule has 1 N–H and O–H groups in total. The van der Waals surface area contributed by atoms with E-state index >= 15 is 0 Å². The predicted octanol–water partition coefficient (Wildman–Crippen LogP) is 2.60. The summed E-state index contributed by atoms with van der Waals surface area (Å²) in [5.74, 6) is 0.688. The number of hydrogen-bond donors (Lipinski definition) is 1. The highest BCUT2D eigenvalue weighted by molar-refractivity contribution is 5.94. The first-order valence-corrected chi connectivity index (χ1v) is 9.69. The van der Waals surface area contributed by atoms with Gasteiger partial charge in [-0.05, 0) is 49.4 Å². The minimum Gasteiger partial charge on any atom is -0.493 e. The average molecular weight is 402 g/mol. The maximum Gasteiger partial charge on any atom is 0.161 e. The number of ketones is 1. The van der Waals surface area contributed by atoms with Crippen LogP contribution in [0.1, 0.15) is 17.3 Å². The molecule has 0 saturated carbocycles. The molecule has 0 bridgehead atoms. The predicted molar refractivity (Wildman–Crippen MR) is 110 cm³/mol. The van der Waals surface area contributed by atoms with Gasteiger partial charge in [0.05, 0.1) is 7.11 Å². The van der Waals surface area contributed by atoms with E-state index in [1.807, 2.05) is 0 Å².